The Morgan fingerprint density at radius 1 is 1.12 bits per heavy atom. The number of hydrogen-bond donors (Lipinski definition) is 1. The molecule has 0 amide bonds. The molecular weight excluding hydrogens is 342 g/mol. The highest BCUT2D eigenvalue weighted by atomic mass is 32.1. The second-order valence-electron chi connectivity index (χ2n) is 7.67. The smallest absolute Gasteiger partial charge is 0.369 e. The molecule has 1 saturated heterocycles. The zero-order chi connectivity index (χ0) is 17.2. The van der Waals surface area contributed by atoms with Crippen LogP contribution in [0.5, 0.6) is 0 Å². The van der Waals surface area contributed by atoms with Crippen LogP contribution < -0.4 is 5.43 Å². The third kappa shape index (κ3) is 2.30. The Morgan fingerprint density at radius 2 is 1.72 bits per heavy atom. The summed E-state index contributed by atoms with van der Waals surface area (Å²) in [6.45, 7) is 1.86. The zero-order valence-electron chi connectivity index (χ0n) is 13.9. The molecule has 1 spiro atoms. The zero-order valence-corrected chi connectivity index (χ0v) is 14.7. The maximum absolute atomic E-state index is 12.5. The van der Waals surface area contributed by atoms with E-state index in [4.69, 9.17) is 9.47 Å². The van der Waals surface area contributed by atoms with E-state index >= 15 is 0 Å². The fraction of sp³-hybridized carbons (Fsp3) is 0.647. The van der Waals surface area contributed by atoms with E-state index in [2.05, 4.69) is 15.5 Å². The second kappa shape index (κ2) is 5.27. The number of carbonyl (C=O) groups excluding carboxylic acids is 2. The Kier molecular flexibility index (Phi) is 3.22. The van der Waals surface area contributed by atoms with Crippen LogP contribution in [0, 0.1) is 30.6 Å². The minimum absolute atomic E-state index is 0.132. The van der Waals surface area contributed by atoms with Gasteiger partial charge in [-0.05, 0) is 50.9 Å². The SMILES string of the molecule is Cc1csc(NN=C2C(=O)OC3(OC2=O)C2CC4CC(C2)CC3C4)n1. The Labute approximate surface area is 148 Å². The third-order valence-electron chi connectivity index (χ3n) is 6.05. The highest BCUT2D eigenvalue weighted by molar-refractivity contribution is 7.13. The molecule has 1 aliphatic heterocycles. The van der Waals surface area contributed by atoms with Crippen molar-refractivity contribution in [3.63, 3.8) is 0 Å². The summed E-state index contributed by atoms with van der Waals surface area (Å²) >= 11 is 1.35. The average Bonchev–Trinajstić information content (AvgIpc) is 2.97. The topological polar surface area (TPSA) is 89.9 Å². The number of rotatable bonds is 2. The average molecular weight is 361 g/mol. The lowest BCUT2D eigenvalue weighted by Gasteiger charge is -2.59. The van der Waals surface area contributed by atoms with Crippen LogP contribution in [-0.2, 0) is 19.1 Å². The molecule has 132 valence electrons. The van der Waals surface area contributed by atoms with Crippen molar-refractivity contribution in [2.75, 3.05) is 5.43 Å². The van der Waals surface area contributed by atoms with Crippen LogP contribution in [0.15, 0.2) is 10.5 Å². The summed E-state index contributed by atoms with van der Waals surface area (Å²) in [5.41, 5.74) is 3.15. The molecule has 25 heavy (non-hydrogen) atoms. The number of hydrazone groups is 1. The summed E-state index contributed by atoms with van der Waals surface area (Å²) in [6, 6.07) is 0. The molecule has 1 aromatic heterocycles. The molecule has 8 heteroatoms. The van der Waals surface area contributed by atoms with Crippen molar-refractivity contribution in [1.82, 2.24) is 4.98 Å². The lowest BCUT2D eigenvalue weighted by molar-refractivity contribution is -0.308. The third-order valence-corrected chi connectivity index (χ3v) is 6.91. The molecule has 4 saturated carbocycles. The first-order valence-electron chi connectivity index (χ1n) is 8.76. The molecule has 4 aliphatic carbocycles. The van der Waals surface area contributed by atoms with E-state index < -0.39 is 17.7 Å². The Balaban J connectivity index is 1.38. The van der Waals surface area contributed by atoms with E-state index in [1.165, 1.54) is 17.8 Å². The van der Waals surface area contributed by atoms with Crippen LogP contribution >= 0.6 is 11.3 Å². The highest BCUT2D eigenvalue weighted by Crippen LogP contribution is 2.60. The van der Waals surface area contributed by atoms with Crippen molar-refractivity contribution >= 4 is 34.1 Å². The van der Waals surface area contributed by atoms with Gasteiger partial charge in [-0.25, -0.2) is 14.6 Å². The van der Waals surface area contributed by atoms with Gasteiger partial charge in [0.05, 0.1) is 5.69 Å². The highest BCUT2D eigenvalue weighted by Gasteiger charge is 2.64. The van der Waals surface area contributed by atoms with Crippen molar-refractivity contribution in [3.8, 4) is 0 Å². The van der Waals surface area contributed by atoms with Crippen LogP contribution in [0.4, 0.5) is 5.13 Å². The monoisotopic (exact) mass is 361 g/mol. The first kappa shape index (κ1) is 15.3. The van der Waals surface area contributed by atoms with E-state index in [-0.39, 0.29) is 17.5 Å². The Hall–Kier alpha value is -1.96. The van der Waals surface area contributed by atoms with Crippen molar-refractivity contribution in [3.05, 3.63) is 11.1 Å². The summed E-state index contributed by atoms with van der Waals surface area (Å²) in [6.07, 6.45) is 5.20. The quantitative estimate of drug-likeness (QED) is 0.643. The van der Waals surface area contributed by atoms with E-state index in [9.17, 15) is 9.59 Å². The summed E-state index contributed by atoms with van der Waals surface area (Å²) in [7, 11) is 0. The van der Waals surface area contributed by atoms with Gasteiger partial charge in [-0.15, -0.1) is 11.3 Å². The van der Waals surface area contributed by atoms with Crippen LogP contribution in [0.2, 0.25) is 0 Å². The van der Waals surface area contributed by atoms with E-state index in [1.54, 1.807) is 0 Å². The van der Waals surface area contributed by atoms with Gasteiger partial charge in [0.2, 0.25) is 5.13 Å². The molecule has 2 heterocycles. The van der Waals surface area contributed by atoms with Gasteiger partial charge in [0.25, 0.3) is 11.5 Å². The van der Waals surface area contributed by atoms with Gasteiger partial charge < -0.3 is 9.47 Å². The van der Waals surface area contributed by atoms with Gasteiger partial charge in [0.15, 0.2) is 0 Å². The molecular formula is C17H19N3O4S. The number of ether oxygens (including phenoxy) is 2. The molecule has 1 aromatic rings. The van der Waals surface area contributed by atoms with Crippen LogP contribution in [-0.4, -0.2) is 28.4 Å². The number of anilines is 1. The number of aryl methyl sites for hydroxylation is 1. The molecule has 5 fully saturated rings. The number of hydrogen-bond acceptors (Lipinski definition) is 8. The van der Waals surface area contributed by atoms with Gasteiger partial charge in [0.1, 0.15) is 0 Å². The minimum Gasteiger partial charge on any atom is -0.417 e. The molecule has 5 aliphatic rings. The number of aromatic nitrogens is 1. The summed E-state index contributed by atoms with van der Waals surface area (Å²) in [5, 5.41) is 6.26. The molecule has 6 rings (SSSR count). The molecule has 7 nitrogen and oxygen atoms in total. The maximum atomic E-state index is 12.5. The van der Waals surface area contributed by atoms with Crippen LogP contribution in [0.25, 0.3) is 0 Å². The fourth-order valence-electron chi connectivity index (χ4n) is 5.27. The van der Waals surface area contributed by atoms with E-state index in [0.29, 0.717) is 17.0 Å². The summed E-state index contributed by atoms with van der Waals surface area (Å²) in [5.74, 6) is -0.793. The number of nitrogens with one attached hydrogen (secondary N) is 1. The van der Waals surface area contributed by atoms with Gasteiger partial charge >= 0.3 is 11.9 Å². The number of carbonyl (C=O) groups is 2. The normalized spacial score (nSPS) is 38.7. The predicted octanol–water partition coefficient (Wildman–Crippen LogP) is 2.47. The van der Waals surface area contributed by atoms with Gasteiger partial charge in [-0.1, -0.05) is 0 Å². The van der Waals surface area contributed by atoms with Gasteiger partial charge in [0, 0.05) is 17.2 Å². The van der Waals surface area contributed by atoms with Crippen molar-refractivity contribution in [2.24, 2.45) is 28.8 Å². The summed E-state index contributed by atoms with van der Waals surface area (Å²) in [4.78, 5) is 29.2. The Morgan fingerprint density at radius 3 is 2.24 bits per heavy atom. The first-order chi connectivity index (χ1) is 12.0. The second-order valence-corrected chi connectivity index (χ2v) is 8.53. The van der Waals surface area contributed by atoms with Gasteiger partial charge in [-0.3, -0.25) is 5.43 Å². The molecule has 0 aromatic carbocycles. The fourth-order valence-corrected chi connectivity index (χ4v) is 5.90. The number of esters is 2. The lowest BCUT2D eigenvalue weighted by atomic mass is 9.53. The maximum Gasteiger partial charge on any atom is 0.369 e. The van der Waals surface area contributed by atoms with Gasteiger partial charge in [-0.2, -0.15) is 5.10 Å². The van der Waals surface area contributed by atoms with Crippen LogP contribution in [0.3, 0.4) is 0 Å². The summed E-state index contributed by atoms with van der Waals surface area (Å²) < 4.78 is 11.5. The molecule has 0 atom stereocenters. The van der Waals surface area contributed by atoms with Crippen molar-refractivity contribution in [1.29, 1.82) is 0 Å². The molecule has 4 bridgehead atoms. The van der Waals surface area contributed by atoms with Crippen LogP contribution in [0.1, 0.15) is 37.8 Å². The molecule has 0 radical (unpaired) electrons. The lowest BCUT2D eigenvalue weighted by Crippen LogP contribution is -2.65. The van der Waals surface area contributed by atoms with E-state index in [1.807, 2.05) is 12.3 Å². The standard InChI is InChI=1S/C17H19N3O4S/c1-8-7-25-16(18-8)20-19-13-14(21)23-17(24-15(13)22)11-3-9-2-10(5-11)6-12(17)4-9/h7,9-12H,2-6H2,1H3,(H,18,20). The first-order valence-corrected chi connectivity index (χ1v) is 9.64. The van der Waals surface area contributed by atoms with Crippen molar-refractivity contribution in [2.45, 2.75) is 44.8 Å². The minimum atomic E-state index is -1.06. The van der Waals surface area contributed by atoms with E-state index in [0.717, 1.165) is 31.4 Å². The number of nitrogens with zero attached hydrogens (tertiary/aromatic N) is 2. The van der Waals surface area contributed by atoms with Crippen molar-refractivity contribution < 1.29 is 19.1 Å². The molecule has 0 unspecified atom stereocenters. The number of thiazole rings is 1. The molecule has 1 N–H and O–H groups in total. The predicted molar refractivity (Wildman–Crippen MR) is 89.9 cm³/mol. The largest absolute Gasteiger partial charge is 0.417 e. The Bertz CT molecular complexity index is 737.